The Morgan fingerprint density at radius 2 is 1.17 bits per heavy atom. The van der Waals surface area contributed by atoms with Gasteiger partial charge in [-0.1, -0.05) is 90.7 Å². The molecule has 1 saturated carbocycles. The lowest BCUT2D eigenvalue weighted by Gasteiger charge is -2.17. The molecule has 7 rings (SSSR count). The molecule has 0 spiro atoms. The van der Waals surface area contributed by atoms with Crippen molar-refractivity contribution in [3.8, 4) is 11.8 Å². The smallest absolute Gasteiger partial charge is 0.0255 e. The van der Waals surface area contributed by atoms with E-state index in [1.165, 1.54) is 50.2 Å². The quantitative estimate of drug-likeness (QED) is 0.178. The molecule has 2 atom stereocenters. The summed E-state index contributed by atoms with van der Waals surface area (Å²) >= 11 is 0. The zero-order valence-corrected chi connectivity index (χ0v) is 19.7. The summed E-state index contributed by atoms with van der Waals surface area (Å²) in [6.45, 7) is 6.00. The molecule has 166 valence electrons. The molecule has 0 N–H and O–H groups in total. The lowest BCUT2D eigenvalue weighted by molar-refractivity contribution is 1.01. The van der Waals surface area contributed by atoms with Gasteiger partial charge in [-0.15, -0.1) is 13.2 Å². The molecule has 0 amide bonds. The molecule has 0 radical (unpaired) electrons. The highest BCUT2D eigenvalue weighted by Gasteiger charge is 2.44. The van der Waals surface area contributed by atoms with Gasteiger partial charge in [-0.3, -0.25) is 0 Å². The average molecular weight is 447 g/mol. The molecule has 2 aliphatic carbocycles. The van der Waals surface area contributed by atoms with Gasteiger partial charge in [0.05, 0.1) is 0 Å². The van der Waals surface area contributed by atoms with Crippen molar-refractivity contribution in [1.82, 2.24) is 0 Å². The van der Waals surface area contributed by atoms with E-state index >= 15 is 0 Å². The maximum absolute atomic E-state index is 3.41. The van der Waals surface area contributed by atoms with Gasteiger partial charge < -0.3 is 0 Å². The fourth-order valence-corrected chi connectivity index (χ4v) is 5.34. The summed E-state index contributed by atoms with van der Waals surface area (Å²) < 4.78 is 0. The Labute approximate surface area is 207 Å². The van der Waals surface area contributed by atoms with Gasteiger partial charge in [-0.25, -0.2) is 0 Å². The first-order valence-electron chi connectivity index (χ1n) is 12.2. The number of hydrogen-bond donors (Lipinski definition) is 0. The van der Waals surface area contributed by atoms with Gasteiger partial charge in [-0.2, -0.15) is 0 Å². The molecule has 2 aliphatic rings. The Balaban J connectivity index is 0.00000112. The largest absolute Gasteiger partial charge is 0.106 e. The van der Waals surface area contributed by atoms with Crippen LogP contribution in [0, 0.1) is 17.8 Å². The summed E-state index contributed by atoms with van der Waals surface area (Å²) in [6.07, 6.45) is 3.65. The number of benzene rings is 5. The lowest BCUT2D eigenvalue weighted by atomic mass is 9.87. The van der Waals surface area contributed by atoms with Crippen LogP contribution >= 0.6 is 0 Å². The first-order chi connectivity index (χ1) is 17.3. The Kier molecular flexibility index (Phi) is 5.32. The Morgan fingerprint density at radius 1 is 0.571 bits per heavy atom. The van der Waals surface area contributed by atoms with Gasteiger partial charge in [0.25, 0.3) is 0 Å². The predicted octanol–water partition coefficient (Wildman–Crippen LogP) is 8.85. The fourth-order valence-electron chi connectivity index (χ4n) is 5.34. The van der Waals surface area contributed by atoms with Crippen molar-refractivity contribution in [2.24, 2.45) is 5.92 Å². The molecule has 5 aromatic carbocycles. The van der Waals surface area contributed by atoms with Gasteiger partial charge in [0.15, 0.2) is 0 Å². The van der Waals surface area contributed by atoms with Crippen molar-refractivity contribution < 1.29 is 0 Å². The lowest BCUT2D eigenvalue weighted by Crippen LogP contribution is -1.99. The predicted molar refractivity (Wildman–Crippen MR) is 150 cm³/mol. The second-order valence-corrected chi connectivity index (χ2v) is 9.27. The molecule has 0 heteroatoms. The van der Waals surface area contributed by atoms with E-state index in [0.717, 1.165) is 11.1 Å². The van der Waals surface area contributed by atoms with E-state index in [1.807, 2.05) is 0 Å². The second-order valence-electron chi connectivity index (χ2n) is 9.27. The van der Waals surface area contributed by atoms with Gasteiger partial charge in [-0.05, 0) is 92.4 Å². The van der Waals surface area contributed by atoms with Crippen LogP contribution in [0.4, 0.5) is 0 Å². The zero-order valence-electron chi connectivity index (χ0n) is 19.7. The van der Waals surface area contributed by atoms with Crippen LogP contribution in [0.25, 0.3) is 33.2 Å². The summed E-state index contributed by atoms with van der Waals surface area (Å²) in [5.74, 6) is 8.06. The zero-order chi connectivity index (χ0) is 23.8. The Hall–Kier alpha value is -4.34. The van der Waals surface area contributed by atoms with Gasteiger partial charge >= 0.3 is 0 Å². The molecule has 0 aliphatic heterocycles. The monoisotopic (exact) mass is 446 g/mol. The summed E-state index contributed by atoms with van der Waals surface area (Å²) in [4.78, 5) is 0. The van der Waals surface area contributed by atoms with Crippen molar-refractivity contribution in [3.05, 3.63) is 144 Å². The second kappa shape index (κ2) is 8.79. The molecule has 0 bridgehead atoms. The van der Waals surface area contributed by atoms with Crippen LogP contribution in [-0.2, 0) is 0 Å². The van der Waals surface area contributed by atoms with Crippen molar-refractivity contribution in [3.63, 3.8) is 0 Å². The topological polar surface area (TPSA) is 0 Å². The van der Waals surface area contributed by atoms with Crippen LogP contribution in [0.1, 0.15) is 40.2 Å². The summed E-state index contributed by atoms with van der Waals surface area (Å²) in [6, 6.07) is 37.2. The summed E-state index contributed by atoms with van der Waals surface area (Å²) in [5, 5.41) is 5.12. The molecule has 2 unspecified atom stereocenters. The third-order valence-electron chi connectivity index (χ3n) is 7.17. The molecule has 1 fully saturated rings. The van der Waals surface area contributed by atoms with E-state index in [9.17, 15) is 0 Å². The minimum atomic E-state index is 0.633. The van der Waals surface area contributed by atoms with Crippen molar-refractivity contribution >= 4 is 33.2 Å². The number of hydrogen-bond acceptors (Lipinski definition) is 0. The van der Waals surface area contributed by atoms with E-state index in [4.69, 9.17) is 0 Å². The number of allylic oxidation sites excluding steroid dienone is 1. The minimum absolute atomic E-state index is 0.633. The first kappa shape index (κ1) is 21.2. The van der Waals surface area contributed by atoms with Crippen LogP contribution in [0.15, 0.2) is 116 Å². The van der Waals surface area contributed by atoms with Gasteiger partial charge in [0.2, 0.25) is 0 Å². The molecule has 35 heavy (non-hydrogen) atoms. The highest BCUT2D eigenvalue weighted by atomic mass is 14.5. The van der Waals surface area contributed by atoms with Crippen LogP contribution < -0.4 is 0 Å². The third kappa shape index (κ3) is 3.96. The molecule has 0 saturated heterocycles. The van der Waals surface area contributed by atoms with Crippen molar-refractivity contribution in [2.75, 3.05) is 0 Å². The minimum Gasteiger partial charge on any atom is -0.106 e. The molecule has 5 aromatic rings. The molecular weight excluding hydrogens is 420 g/mol. The van der Waals surface area contributed by atoms with Crippen LogP contribution in [0.5, 0.6) is 0 Å². The van der Waals surface area contributed by atoms with Crippen LogP contribution in [-0.4, -0.2) is 0 Å². The molecule has 0 aromatic heterocycles. The van der Waals surface area contributed by atoms with Crippen molar-refractivity contribution in [2.45, 2.75) is 12.3 Å². The molecule has 0 nitrogen and oxygen atoms in total. The first-order valence-corrected chi connectivity index (χ1v) is 12.2. The SMILES string of the molecule is C(#Cc1ccc2ccccc2c1)c1ccc2c(c1)C1CC1C(c1ccc3ccccc3c1)=C2.C=C. The van der Waals surface area contributed by atoms with Crippen LogP contribution in [0.2, 0.25) is 0 Å². The number of fused-ring (bicyclic) bond motifs is 5. The van der Waals surface area contributed by atoms with Gasteiger partial charge in [0, 0.05) is 11.1 Å². The molecular formula is C35H26. The van der Waals surface area contributed by atoms with E-state index in [-0.39, 0.29) is 0 Å². The van der Waals surface area contributed by atoms with E-state index in [1.54, 1.807) is 0 Å². The highest BCUT2D eigenvalue weighted by Crippen LogP contribution is 2.59. The van der Waals surface area contributed by atoms with Crippen LogP contribution in [0.3, 0.4) is 0 Å². The van der Waals surface area contributed by atoms with E-state index < -0.39 is 0 Å². The maximum Gasteiger partial charge on any atom is 0.0255 e. The normalized spacial score (nSPS) is 17.2. The highest BCUT2D eigenvalue weighted by molar-refractivity contribution is 5.93. The van der Waals surface area contributed by atoms with E-state index in [2.05, 4.69) is 134 Å². The summed E-state index contributed by atoms with van der Waals surface area (Å²) in [5.41, 5.74) is 7.85. The van der Waals surface area contributed by atoms with Crippen molar-refractivity contribution in [1.29, 1.82) is 0 Å². The third-order valence-corrected chi connectivity index (χ3v) is 7.17. The molecule has 0 heterocycles. The average Bonchev–Trinajstić information content (AvgIpc) is 3.74. The van der Waals surface area contributed by atoms with E-state index in [0.29, 0.717) is 11.8 Å². The summed E-state index contributed by atoms with van der Waals surface area (Å²) in [7, 11) is 0. The maximum atomic E-state index is 3.41. The Morgan fingerprint density at radius 3 is 1.91 bits per heavy atom. The fraction of sp³-hybridized carbons (Fsp3) is 0.0857. The standard InChI is InChI=1S/C33H22.C2H4/c1-3-7-26-17-22(11-13-24(26)5-1)9-10-23-12-14-29-20-31(33-21-32(33)30(29)18-23)28-16-15-25-6-2-4-8-27(25)19-28;1-2/h1-8,11-20,32-33H,21H2;1-2H2. The number of rotatable bonds is 1. The Bertz CT molecular complexity index is 1670. The van der Waals surface area contributed by atoms with Gasteiger partial charge in [0.1, 0.15) is 0 Å².